The van der Waals surface area contributed by atoms with Gasteiger partial charge in [0.2, 0.25) is 0 Å². The number of hydrogen-bond acceptors (Lipinski definition) is 2. The summed E-state index contributed by atoms with van der Waals surface area (Å²) in [6.07, 6.45) is 4.61. The van der Waals surface area contributed by atoms with Crippen LogP contribution in [0.15, 0.2) is 24.5 Å². The van der Waals surface area contributed by atoms with E-state index in [2.05, 4.69) is 35.8 Å². The zero-order valence-electron chi connectivity index (χ0n) is 11.5. The lowest BCUT2D eigenvalue weighted by Gasteiger charge is -2.16. The van der Waals surface area contributed by atoms with E-state index in [1.165, 1.54) is 6.04 Å². The highest BCUT2D eigenvalue weighted by atomic mass is 28.3. The third-order valence-corrected chi connectivity index (χ3v) is 4.19. The summed E-state index contributed by atoms with van der Waals surface area (Å²) in [5.74, 6) is 1.03. The standard InChI is InChI=1S/C13H24N2OSi/c1-12(2)10-13-14-6-7-15(13)11-16-8-9-17(3,4)5/h6-7H,1,8-11H2,2-5H3. The molecule has 0 unspecified atom stereocenters. The normalized spacial score (nSPS) is 11.8. The summed E-state index contributed by atoms with van der Waals surface area (Å²) in [5, 5.41) is 0. The predicted octanol–water partition coefficient (Wildman–Crippen LogP) is 3.31. The molecular formula is C13H24N2OSi. The molecule has 4 heteroatoms. The largest absolute Gasteiger partial charge is 0.361 e. The molecular weight excluding hydrogens is 228 g/mol. The Morgan fingerprint density at radius 2 is 2.18 bits per heavy atom. The Labute approximate surface area is 106 Å². The van der Waals surface area contributed by atoms with Gasteiger partial charge in [-0.05, 0) is 13.0 Å². The smallest absolute Gasteiger partial charge is 0.123 e. The summed E-state index contributed by atoms with van der Waals surface area (Å²) in [5.41, 5.74) is 1.12. The van der Waals surface area contributed by atoms with Gasteiger partial charge in [0.25, 0.3) is 0 Å². The van der Waals surface area contributed by atoms with Crippen molar-refractivity contribution in [3.8, 4) is 0 Å². The minimum atomic E-state index is -0.983. The van der Waals surface area contributed by atoms with Gasteiger partial charge in [-0.15, -0.1) is 0 Å². The molecule has 17 heavy (non-hydrogen) atoms. The molecule has 3 nitrogen and oxygen atoms in total. The molecule has 0 amide bonds. The summed E-state index contributed by atoms with van der Waals surface area (Å²) in [4.78, 5) is 4.31. The molecule has 0 fully saturated rings. The minimum Gasteiger partial charge on any atom is -0.361 e. The monoisotopic (exact) mass is 252 g/mol. The number of aromatic nitrogens is 2. The van der Waals surface area contributed by atoms with Gasteiger partial charge in [-0.25, -0.2) is 4.98 Å². The molecule has 1 aromatic rings. The topological polar surface area (TPSA) is 27.1 Å². The minimum absolute atomic E-state index is 0.604. The predicted molar refractivity (Wildman–Crippen MR) is 74.9 cm³/mol. The molecule has 0 bridgehead atoms. The van der Waals surface area contributed by atoms with Crippen molar-refractivity contribution in [3.63, 3.8) is 0 Å². The Balaban J connectivity index is 2.36. The molecule has 0 saturated carbocycles. The maximum atomic E-state index is 5.70. The van der Waals surface area contributed by atoms with Crippen LogP contribution in [0.2, 0.25) is 25.7 Å². The molecule has 0 aliphatic rings. The van der Waals surface area contributed by atoms with Crippen LogP contribution in [-0.4, -0.2) is 24.2 Å². The molecule has 0 atom stereocenters. The summed E-state index contributed by atoms with van der Waals surface area (Å²) in [6, 6.07) is 1.21. The molecule has 0 aromatic carbocycles. The van der Waals surface area contributed by atoms with Crippen molar-refractivity contribution in [2.45, 2.75) is 45.8 Å². The molecule has 0 aliphatic heterocycles. The Morgan fingerprint density at radius 1 is 1.47 bits per heavy atom. The first-order chi connectivity index (χ1) is 7.88. The number of nitrogens with zero attached hydrogens (tertiary/aromatic N) is 2. The molecule has 0 N–H and O–H groups in total. The fourth-order valence-corrected chi connectivity index (χ4v) is 2.19. The van der Waals surface area contributed by atoms with Gasteiger partial charge in [0.1, 0.15) is 12.6 Å². The average Bonchev–Trinajstić information content (AvgIpc) is 2.58. The summed E-state index contributed by atoms with van der Waals surface area (Å²) < 4.78 is 7.76. The second-order valence-electron chi connectivity index (χ2n) is 5.80. The molecule has 1 aromatic heterocycles. The number of rotatable bonds is 7. The Morgan fingerprint density at radius 3 is 2.76 bits per heavy atom. The first kappa shape index (κ1) is 14.2. The lowest BCUT2D eigenvalue weighted by Crippen LogP contribution is -2.22. The second-order valence-corrected chi connectivity index (χ2v) is 11.4. The molecule has 0 spiro atoms. The van der Waals surface area contributed by atoms with Crippen LogP contribution in [0.5, 0.6) is 0 Å². The van der Waals surface area contributed by atoms with E-state index in [0.717, 1.165) is 24.4 Å². The number of allylic oxidation sites excluding steroid dienone is 1. The fourth-order valence-electron chi connectivity index (χ4n) is 1.44. The Hall–Kier alpha value is -0.873. The SMILES string of the molecule is C=C(C)Cc1nccn1COCC[Si](C)(C)C. The van der Waals surface area contributed by atoms with Gasteiger partial charge < -0.3 is 9.30 Å². The van der Waals surface area contributed by atoms with E-state index in [9.17, 15) is 0 Å². The van der Waals surface area contributed by atoms with E-state index < -0.39 is 8.07 Å². The highest BCUT2D eigenvalue weighted by Gasteiger charge is 2.12. The van der Waals surface area contributed by atoms with Crippen molar-refractivity contribution in [3.05, 3.63) is 30.4 Å². The Bertz CT molecular complexity index is 366. The summed E-state index contributed by atoms with van der Waals surface area (Å²) >= 11 is 0. The van der Waals surface area contributed by atoms with Crippen molar-refractivity contribution >= 4 is 8.07 Å². The lowest BCUT2D eigenvalue weighted by atomic mass is 10.2. The summed E-state index contributed by atoms with van der Waals surface area (Å²) in [7, 11) is -0.983. The van der Waals surface area contributed by atoms with E-state index in [0.29, 0.717) is 6.73 Å². The van der Waals surface area contributed by atoms with Crippen LogP contribution in [0, 0.1) is 0 Å². The third-order valence-electron chi connectivity index (χ3n) is 2.49. The van der Waals surface area contributed by atoms with Crippen LogP contribution < -0.4 is 0 Å². The highest BCUT2D eigenvalue weighted by molar-refractivity contribution is 6.76. The fraction of sp³-hybridized carbons (Fsp3) is 0.615. The first-order valence-electron chi connectivity index (χ1n) is 6.10. The van der Waals surface area contributed by atoms with E-state index in [1.807, 2.05) is 19.3 Å². The van der Waals surface area contributed by atoms with Crippen molar-refractivity contribution in [1.82, 2.24) is 9.55 Å². The average molecular weight is 252 g/mol. The van der Waals surface area contributed by atoms with Crippen LogP contribution in [0.4, 0.5) is 0 Å². The van der Waals surface area contributed by atoms with E-state index >= 15 is 0 Å². The lowest BCUT2D eigenvalue weighted by molar-refractivity contribution is 0.0853. The molecule has 1 heterocycles. The zero-order chi connectivity index (χ0) is 12.9. The van der Waals surface area contributed by atoms with Crippen LogP contribution in [0.25, 0.3) is 0 Å². The van der Waals surface area contributed by atoms with Crippen molar-refractivity contribution in [2.24, 2.45) is 0 Å². The maximum Gasteiger partial charge on any atom is 0.123 e. The molecule has 0 aliphatic carbocycles. The molecule has 1 rings (SSSR count). The maximum absolute atomic E-state index is 5.70. The van der Waals surface area contributed by atoms with Gasteiger partial charge in [-0.2, -0.15) is 0 Å². The number of hydrogen-bond donors (Lipinski definition) is 0. The number of ether oxygens (including phenoxy) is 1. The molecule has 0 radical (unpaired) electrons. The van der Waals surface area contributed by atoms with E-state index in [-0.39, 0.29) is 0 Å². The first-order valence-corrected chi connectivity index (χ1v) is 9.81. The van der Waals surface area contributed by atoms with Crippen molar-refractivity contribution < 1.29 is 4.74 Å². The quantitative estimate of drug-likeness (QED) is 0.423. The number of imidazole rings is 1. The highest BCUT2D eigenvalue weighted by Crippen LogP contribution is 2.09. The zero-order valence-corrected chi connectivity index (χ0v) is 12.5. The van der Waals surface area contributed by atoms with Crippen LogP contribution in [0.3, 0.4) is 0 Å². The Kier molecular flexibility index (Phi) is 5.15. The van der Waals surface area contributed by atoms with Gasteiger partial charge in [0.15, 0.2) is 0 Å². The van der Waals surface area contributed by atoms with Crippen molar-refractivity contribution in [1.29, 1.82) is 0 Å². The van der Waals surface area contributed by atoms with Gasteiger partial charge >= 0.3 is 0 Å². The van der Waals surface area contributed by atoms with Gasteiger partial charge in [0, 0.05) is 33.5 Å². The molecule has 0 saturated heterocycles. The van der Waals surface area contributed by atoms with E-state index in [1.54, 1.807) is 0 Å². The van der Waals surface area contributed by atoms with Gasteiger partial charge in [0.05, 0.1) is 0 Å². The van der Waals surface area contributed by atoms with E-state index in [4.69, 9.17) is 4.74 Å². The van der Waals surface area contributed by atoms with Crippen molar-refractivity contribution in [2.75, 3.05) is 6.61 Å². The van der Waals surface area contributed by atoms with Crippen LogP contribution >= 0.6 is 0 Å². The van der Waals surface area contributed by atoms with Crippen LogP contribution in [-0.2, 0) is 17.9 Å². The molecule has 96 valence electrons. The van der Waals surface area contributed by atoms with Gasteiger partial charge in [-0.1, -0.05) is 31.8 Å². The second kappa shape index (κ2) is 6.17. The third kappa shape index (κ3) is 5.84. The van der Waals surface area contributed by atoms with Gasteiger partial charge in [-0.3, -0.25) is 0 Å². The summed E-state index contributed by atoms with van der Waals surface area (Å²) in [6.45, 7) is 14.5. The van der Waals surface area contributed by atoms with Crippen LogP contribution in [0.1, 0.15) is 12.7 Å².